The second kappa shape index (κ2) is 8.12. The van der Waals surface area contributed by atoms with Crippen molar-refractivity contribution in [2.24, 2.45) is 5.92 Å². The number of aliphatic carboxylic acids is 1. The number of carbonyl (C=O) groups is 3. The predicted molar refractivity (Wildman–Crippen MR) is 86.2 cm³/mol. The van der Waals surface area contributed by atoms with Crippen molar-refractivity contribution < 1.29 is 24.2 Å². The molecule has 0 spiro atoms. The Morgan fingerprint density at radius 1 is 1.09 bits per heavy atom. The molecule has 0 atom stereocenters. The summed E-state index contributed by atoms with van der Waals surface area (Å²) in [7, 11) is 0. The fraction of sp³-hybridized carbons (Fsp3) is 0.353. The van der Waals surface area contributed by atoms with Crippen LogP contribution in [-0.4, -0.2) is 29.6 Å². The van der Waals surface area contributed by atoms with Gasteiger partial charge in [0.15, 0.2) is 0 Å². The van der Waals surface area contributed by atoms with Crippen LogP contribution < -0.4 is 5.32 Å². The Kier molecular flexibility index (Phi) is 6.50. The van der Waals surface area contributed by atoms with Gasteiger partial charge in [-0.15, -0.1) is 0 Å². The third-order valence-corrected chi connectivity index (χ3v) is 3.15. The molecule has 1 rings (SSSR count). The number of amides is 1. The number of nitrogens with one attached hydrogen (secondary N) is 1. The Labute approximate surface area is 135 Å². The van der Waals surface area contributed by atoms with Crippen LogP contribution in [0.15, 0.2) is 35.4 Å². The van der Waals surface area contributed by atoms with Crippen molar-refractivity contribution in [1.29, 1.82) is 0 Å². The first-order chi connectivity index (χ1) is 10.7. The predicted octanol–water partition coefficient (Wildman–Crippen LogP) is 2.86. The van der Waals surface area contributed by atoms with Gasteiger partial charge >= 0.3 is 11.9 Å². The van der Waals surface area contributed by atoms with E-state index in [2.05, 4.69) is 5.32 Å². The van der Waals surface area contributed by atoms with E-state index in [0.717, 1.165) is 0 Å². The minimum Gasteiger partial charge on any atom is -0.478 e. The third-order valence-electron chi connectivity index (χ3n) is 3.15. The van der Waals surface area contributed by atoms with Gasteiger partial charge in [-0.3, -0.25) is 4.79 Å². The lowest BCUT2D eigenvalue weighted by Crippen LogP contribution is -2.16. The first-order valence-electron chi connectivity index (χ1n) is 7.21. The molecule has 124 valence electrons. The molecule has 1 aromatic rings. The van der Waals surface area contributed by atoms with E-state index >= 15 is 0 Å². The van der Waals surface area contributed by atoms with Crippen molar-refractivity contribution in [1.82, 2.24) is 0 Å². The second-order valence-electron chi connectivity index (χ2n) is 5.58. The van der Waals surface area contributed by atoms with Crippen molar-refractivity contribution in [3.05, 3.63) is 41.0 Å². The molecule has 1 amide bonds. The smallest absolute Gasteiger partial charge is 0.338 e. The van der Waals surface area contributed by atoms with E-state index in [1.165, 1.54) is 13.8 Å². The average molecular weight is 319 g/mol. The molecule has 0 aliphatic heterocycles. The number of hydrogen-bond acceptors (Lipinski definition) is 4. The lowest BCUT2D eigenvalue weighted by atomic mass is 10.1. The highest BCUT2D eigenvalue weighted by Gasteiger charge is 2.13. The van der Waals surface area contributed by atoms with Crippen LogP contribution >= 0.6 is 0 Å². The van der Waals surface area contributed by atoms with E-state index in [0.29, 0.717) is 17.9 Å². The van der Waals surface area contributed by atoms with E-state index in [-0.39, 0.29) is 17.1 Å². The Morgan fingerprint density at radius 3 is 2.13 bits per heavy atom. The number of benzene rings is 1. The Morgan fingerprint density at radius 2 is 1.65 bits per heavy atom. The number of ether oxygens (including phenoxy) is 1. The molecule has 0 aliphatic carbocycles. The van der Waals surface area contributed by atoms with Gasteiger partial charge < -0.3 is 15.2 Å². The van der Waals surface area contributed by atoms with Gasteiger partial charge in [-0.1, -0.05) is 13.8 Å². The van der Waals surface area contributed by atoms with Crippen LogP contribution in [0.1, 0.15) is 38.1 Å². The van der Waals surface area contributed by atoms with E-state index in [9.17, 15) is 14.4 Å². The molecule has 0 aromatic heterocycles. The van der Waals surface area contributed by atoms with Crippen molar-refractivity contribution in [3.63, 3.8) is 0 Å². The zero-order valence-electron chi connectivity index (χ0n) is 13.7. The molecule has 23 heavy (non-hydrogen) atoms. The fourth-order valence-electron chi connectivity index (χ4n) is 1.57. The number of carboxylic acid groups (broad SMARTS) is 1. The van der Waals surface area contributed by atoms with Crippen LogP contribution in [-0.2, 0) is 14.3 Å². The van der Waals surface area contributed by atoms with Gasteiger partial charge in [-0.2, -0.15) is 0 Å². The summed E-state index contributed by atoms with van der Waals surface area (Å²) >= 11 is 0. The molecule has 1 aromatic carbocycles. The Balaban J connectivity index is 2.74. The molecule has 2 N–H and O–H groups in total. The average Bonchev–Trinajstić information content (AvgIpc) is 2.51. The Hall–Kier alpha value is -2.63. The summed E-state index contributed by atoms with van der Waals surface area (Å²) < 4.78 is 5.11. The molecule has 0 aliphatic rings. The molecule has 0 heterocycles. The number of carbonyl (C=O) groups excluding carboxylic acids is 2. The molecule has 0 saturated heterocycles. The van der Waals surface area contributed by atoms with E-state index in [1.54, 1.807) is 24.3 Å². The zero-order valence-corrected chi connectivity index (χ0v) is 13.7. The maximum Gasteiger partial charge on any atom is 0.338 e. The summed E-state index contributed by atoms with van der Waals surface area (Å²) in [5.74, 6) is -1.81. The summed E-state index contributed by atoms with van der Waals surface area (Å²) in [6.45, 7) is 7.04. The monoisotopic (exact) mass is 319 g/mol. The molecule has 6 heteroatoms. The number of hydrogen-bond donors (Lipinski definition) is 2. The van der Waals surface area contributed by atoms with Crippen LogP contribution in [0, 0.1) is 5.92 Å². The van der Waals surface area contributed by atoms with Crippen molar-refractivity contribution >= 4 is 23.5 Å². The van der Waals surface area contributed by atoms with Gasteiger partial charge in [0.25, 0.3) is 5.91 Å². The van der Waals surface area contributed by atoms with Gasteiger partial charge in [0.1, 0.15) is 0 Å². The maximum atomic E-state index is 11.9. The van der Waals surface area contributed by atoms with Gasteiger partial charge in [-0.05, 0) is 44.0 Å². The maximum absolute atomic E-state index is 11.9. The quantitative estimate of drug-likeness (QED) is 0.621. The molecule has 0 bridgehead atoms. The first-order valence-corrected chi connectivity index (χ1v) is 7.21. The number of rotatable bonds is 6. The molecule has 6 nitrogen and oxygen atoms in total. The molecule has 0 fully saturated rings. The number of anilines is 1. The molecular weight excluding hydrogens is 298 g/mol. The van der Waals surface area contributed by atoms with Crippen LogP contribution in [0.4, 0.5) is 5.69 Å². The highest BCUT2D eigenvalue weighted by atomic mass is 16.5. The first kappa shape index (κ1) is 18.4. The third kappa shape index (κ3) is 5.58. The normalized spacial score (nSPS) is 11.7. The van der Waals surface area contributed by atoms with Crippen LogP contribution in [0.3, 0.4) is 0 Å². The van der Waals surface area contributed by atoms with Gasteiger partial charge in [0, 0.05) is 16.8 Å². The van der Waals surface area contributed by atoms with E-state index in [1.807, 2.05) is 13.8 Å². The molecule has 0 radical (unpaired) electrons. The van der Waals surface area contributed by atoms with Crippen LogP contribution in [0.5, 0.6) is 0 Å². The van der Waals surface area contributed by atoms with E-state index < -0.39 is 17.8 Å². The minimum atomic E-state index is -1.14. The molecular formula is C17H21NO5. The highest BCUT2D eigenvalue weighted by molar-refractivity contribution is 6.08. The fourth-order valence-corrected chi connectivity index (χ4v) is 1.57. The topological polar surface area (TPSA) is 92.7 Å². The minimum absolute atomic E-state index is 0.0172. The summed E-state index contributed by atoms with van der Waals surface area (Å²) in [4.78, 5) is 34.5. The lowest BCUT2D eigenvalue weighted by Gasteiger charge is -2.09. The van der Waals surface area contributed by atoms with Gasteiger partial charge in [-0.25, -0.2) is 9.59 Å². The Bertz CT molecular complexity index is 629. The summed E-state index contributed by atoms with van der Waals surface area (Å²) in [5, 5.41) is 11.4. The second-order valence-corrected chi connectivity index (χ2v) is 5.58. The van der Waals surface area contributed by atoms with E-state index in [4.69, 9.17) is 9.84 Å². The zero-order chi connectivity index (χ0) is 17.6. The molecule has 0 saturated carbocycles. The van der Waals surface area contributed by atoms with Gasteiger partial charge in [0.05, 0.1) is 12.2 Å². The van der Waals surface area contributed by atoms with Gasteiger partial charge in [0.2, 0.25) is 0 Å². The molecule has 0 unspecified atom stereocenters. The van der Waals surface area contributed by atoms with Crippen molar-refractivity contribution in [2.45, 2.75) is 27.7 Å². The van der Waals surface area contributed by atoms with Crippen LogP contribution in [0.2, 0.25) is 0 Å². The number of carboxylic acids is 1. The largest absolute Gasteiger partial charge is 0.478 e. The number of esters is 1. The summed E-state index contributed by atoms with van der Waals surface area (Å²) in [6.07, 6.45) is 0. The lowest BCUT2D eigenvalue weighted by molar-refractivity contribution is -0.133. The van der Waals surface area contributed by atoms with Crippen molar-refractivity contribution in [3.8, 4) is 0 Å². The SMILES string of the molecule is C/C(C(=O)O)=C(\C)C(=O)Nc1ccc(C(=O)OCC(C)C)cc1. The van der Waals surface area contributed by atoms with Crippen LogP contribution in [0.25, 0.3) is 0 Å². The summed E-state index contributed by atoms with van der Waals surface area (Å²) in [6, 6.07) is 6.21. The standard InChI is InChI=1S/C17H21NO5/c1-10(2)9-23-17(22)13-5-7-14(8-6-13)18-15(19)11(3)12(4)16(20)21/h5-8,10H,9H2,1-4H3,(H,18,19)(H,20,21)/b12-11-. The van der Waals surface area contributed by atoms with Crippen molar-refractivity contribution in [2.75, 3.05) is 11.9 Å². The highest BCUT2D eigenvalue weighted by Crippen LogP contribution is 2.13. The summed E-state index contributed by atoms with van der Waals surface area (Å²) in [5.41, 5.74) is 0.958.